The van der Waals surface area contributed by atoms with E-state index in [1.165, 1.54) is 17.3 Å². The van der Waals surface area contributed by atoms with Crippen LogP contribution in [0.15, 0.2) is 64.3 Å². The van der Waals surface area contributed by atoms with E-state index in [2.05, 4.69) is 34.5 Å². The van der Waals surface area contributed by atoms with Gasteiger partial charge in [0.1, 0.15) is 10.8 Å². The van der Waals surface area contributed by atoms with Gasteiger partial charge in [-0.3, -0.25) is 4.79 Å². The van der Waals surface area contributed by atoms with Crippen molar-refractivity contribution in [3.63, 3.8) is 0 Å². The standard InChI is InChI=1S/C21H23N3O2S/c1-3-16(17-8-5-4-6-9-17)13-23-20(25)19-10-7-11-22-21(19)27-14-18-12-15(2)26-24-18/h4-12,16H,3,13-14H2,1-2H3,(H,23,25)/t16-/m0/s1. The third-order valence-electron chi connectivity index (χ3n) is 4.32. The van der Waals surface area contributed by atoms with Gasteiger partial charge in [-0.15, -0.1) is 0 Å². The van der Waals surface area contributed by atoms with Crippen molar-refractivity contribution in [1.29, 1.82) is 0 Å². The number of carbonyl (C=O) groups is 1. The Bertz CT molecular complexity index is 880. The van der Waals surface area contributed by atoms with Crippen molar-refractivity contribution in [2.24, 2.45) is 0 Å². The number of hydrogen-bond donors (Lipinski definition) is 1. The van der Waals surface area contributed by atoms with E-state index in [9.17, 15) is 4.79 Å². The molecule has 1 amide bonds. The van der Waals surface area contributed by atoms with Crippen LogP contribution in [-0.4, -0.2) is 22.6 Å². The van der Waals surface area contributed by atoms with E-state index in [0.29, 0.717) is 28.8 Å². The van der Waals surface area contributed by atoms with Crippen molar-refractivity contribution >= 4 is 17.7 Å². The summed E-state index contributed by atoms with van der Waals surface area (Å²) in [5, 5.41) is 7.75. The van der Waals surface area contributed by atoms with Gasteiger partial charge in [0.15, 0.2) is 0 Å². The maximum absolute atomic E-state index is 12.7. The SMILES string of the molecule is CC[C@@H](CNC(=O)c1cccnc1SCc1cc(C)on1)c1ccccc1. The van der Waals surface area contributed by atoms with Gasteiger partial charge in [-0.2, -0.15) is 0 Å². The number of nitrogens with one attached hydrogen (secondary N) is 1. The number of nitrogens with zero attached hydrogens (tertiary/aromatic N) is 2. The average Bonchev–Trinajstić information content (AvgIpc) is 3.13. The van der Waals surface area contributed by atoms with Gasteiger partial charge in [-0.25, -0.2) is 4.98 Å². The van der Waals surface area contributed by atoms with Crippen molar-refractivity contribution in [1.82, 2.24) is 15.5 Å². The highest BCUT2D eigenvalue weighted by Gasteiger charge is 2.16. The lowest BCUT2D eigenvalue weighted by Gasteiger charge is -2.16. The molecule has 0 saturated carbocycles. The predicted molar refractivity (Wildman–Crippen MR) is 107 cm³/mol. The molecule has 0 unspecified atom stereocenters. The maximum atomic E-state index is 12.7. The Morgan fingerprint density at radius 3 is 2.74 bits per heavy atom. The molecular formula is C21H23N3O2S. The number of rotatable bonds is 8. The van der Waals surface area contributed by atoms with Crippen molar-refractivity contribution in [3.8, 4) is 0 Å². The van der Waals surface area contributed by atoms with E-state index in [0.717, 1.165) is 17.9 Å². The lowest BCUT2D eigenvalue weighted by atomic mass is 9.96. The van der Waals surface area contributed by atoms with Crippen molar-refractivity contribution in [3.05, 3.63) is 77.3 Å². The molecule has 0 bridgehead atoms. The van der Waals surface area contributed by atoms with E-state index in [4.69, 9.17) is 4.52 Å². The molecule has 1 aromatic carbocycles. The Morgan fingerprint density at radius 1 is 1.22 bits per heavy atom. The number of thioether (sulfide) groups is 1. The minimum absolute atomic E-state index is 0.101. The van der Waals surface area contributed by atoms with Crippen LogP contribution in [0, 0.1) is 6.92 Å². The van der Waals surface area contributed by atoms with Gasteiger partial charge in [0.25, 0.3) is 5.91 Å². The van der Waals surface area contributed by atoms with Gasteiger partial charge in [0.05, 0.1) is 11.3 Å². The lowest BCUT2D eigenvalue weighted by Crippen LogP contribution is -2.28. The zero-order chi connectivity index (χ0) is 19.1. The lowest BCUT2D eigenvalue weighted by molar-refractivity contribution is 0.0947. The zero-order valence-corrected chi connectivity index (χ0v) is 16.3. The third kappa shape index (κ3) is 5.20. The summed E-state index contributed by atoms with van der Waals surface area (Å²) in [5.74, 6) is 1.57. The predicted octanol–water partition coefficient (Wildman–Crippen LogP) is 4.59. The maximum Gasteiger partial charge on any atom is 0.254 e. The van der Waals surface area contributed by atoms with Crippen LogP contribution in [0.1, 0.15) is 46.6 Å². The van der Waals surface area contributed by atoms with Crippen LogP contribution in [0.2, 0.25) is 0 Å². The second kappa shape index (κ2) is 9.37. The normalized spacial score (nSPS) is 11.9. The van der Waals surface area contributed by atoms with E-state index in [1.54, 1.807) is 12.3 Å². The minimum atomic E-state index is -0.101. The Balaban J connectivity index is 1.64. The molecule has 5 nitrogen and oxygen atoms in total. The van der Waals surface area contributed by atoms with Gasteiger partial charge in [-0.05, 0) is 31.0 Å². The Kier molecular flexibility index (Phi) is 6.65. The van der Waals surface area contributed by atoms with Crippen molar-refractivity contribution in [2.75, 3.05) is 6.54 Å². The third-order valence-corrected chi connectivity index (χ3v) is 5.36. The second-order valence-electron chi connectivity index (χ2n) is 6.30. The molecule has 0 spiro atoms. The monoisotopic (exact) mass is 381 g/mol. The number of hydrogen-bond acceptors (Lipinski definition) is 5. The summed E-state index contributed by atoms with van der Waals surface area (Å²) in [5.41, 5.74) is 2.66. The fourth-order valence-electron chi connectivity index (χ4n) is 2.84. The molecule has 140 valence electrons. The number of aromatic nitrogens is 2. The van der Waals surface area contributed by atoms with Gasteiger partial charge in [0, 0.05) is 30.5 Å². The van der Waals surface area contributed by atoms with E-state index >= 15 is 0 Å². The summed E-state index contributed by atoms with van der Waals surface area (Å²) in [6, 6.07) is 15.8. The summed E-state index contributed by atoms with van der Waals surface area (Å²) in [6.45, 7) is 4.59. The molecular weight excluding hydrogens is 358 g/mol. The van der Waals surface area contributed by atoms with Crippen LogP contribution in [0.5, 0.6) is 0 Å². The molecule has 0 radical (unpaired) electrons. The van der Waals surface area contributed by atoms with Crippen LogP contribution in [0.4, 0.5) is 0 Å². The molecule has 1 N–H and O–H groups in total. The molecule has 27 heavy (non-hydrogen) atoms. The second-order valence-corrected chi connectivity index (χ2v) is 7.26. The van der Waals surface area contributed by atoms with Gasteiger partial charge < -0.3 is 9.84 Å². The quantitative estimate of drug-likeness (QED) is 0.578. The first-order chi connectivity index (χ1) is 13.2. The van der Waals surface area contributed by atoms with E-state index in [1.807, 2.05) is 37.3 Å². The molecule has 0 aliphatic carbocycles. The highest BCUT2D eigenvalue weighted by Crippen LogP contribution is 2.24. The summed E-state index contributed by atoms with van der Waals surface area (Å²) in [6.07, 6.45) is 2.66. The Morgan fingerprint density at radius 2 is 2.04 bits per heavy atom. The summed E-state index contributed by atoms with van der Waals surface area (Å²) in [4.78, 5) is 17.1. The van der Waals surface area contributed by atoms with Crippen LogP contribution >= 0.6 is 11.8 Å². The number of pyridine rings is 1. The summed E-state index contributed by atoms with van der Waals surface area (Å²) >= 11 is 1.48. The number of amides is 1. The molecule has 0 aliphatic rings. The van der Waals surface area contributed by atoms with Crippen LogP contribution in [-0.2, 0) is 5.75 Å². The molecule has 0 aliphatic heterocycles. The average molecular weight is 382 g/mol. The number of aryl methyl sites for hydroxylation is 1. The first kappa shape index (κ1) is 19.2. The van der Waals surface area contributed by atoms with Crippen LogP contribution in [0.25, 0.3) is 0 Å². The highest BCUT2D eigenvalue weighted by molar-refractivity contribution is 7.98. The fraction of sp³-hybridized carbons (Fsp3) is 0.286. The molecule has 3 aromatic rings. The number of carbonyl (C=O) groups excluding carboxylic acids is 1. The van der Waals surface area contributed by atoms with E-state index in [-0.39, 0.29) is 5.91 Å². The molecule has 0 saturated heterocycles. The Hall–Kier alpha value is -2.60. The fourth-order valence-corrected chi connectivity index (χ4v) is 3.71. The highest BCUT2D eigenvalue weighted by atomic mass is 32.2. The molecule has 6 heteroatoms. The minimum Gasteiger partial charge on any atom is -0.361 e. The van der Waals surface area contributed by atoms with Crippen molar-refractivity contribution in [2.45, 2.75) is 37.0 Å². The van der Waals surface area contributed by atoms with E-state index < -0.39 is 0 Å². The summed E-state index contributed by atoms with van der Waals surface area (Å²) in [7, 11) is 0. The van der Waals surface area contributed by atoms with Gasteiger partial charge >= 0.3 is 0 Å². The smallest absolute Gasteiger partial charge is 0.254 e. The van der Waals surface area contributed by atoms with Gasteiger partial charge in [-0.1, -0.05) is 54.2 Å². The molecule has 2 aromatic heterocycles. The topological polar surface area (TPSA) is 68.0 Å². The van der Waals surface area contributed by atoms with Crippen LogP contribution in [0.3, 0.4) is 0 Å². The van der Waals surface area contributed by atoms with Crippen molar-refractivity contribution < 1.29 is 9.32 Å². The largest absolute Gasteiger partial charge is 0.361 e. The molecule has 2 heterocycles. The molecule has 1 atom stereocenters. The van der Waals surface area contributed by atoms with Gasteiger partial charge in [0.2, 0.25) is 0 Å². The molecule has 0 fully saturated rings. The first-order valence-corrected chi connectivity index (χ1v) is 9.99. The zero-order valence-electron chi connectivity index (χ0n) is 15.5. The van der Waals surface area contributed by atoms with Crippen LogP contribution < -0.4 is 5.32 Å². The number of benzene rings is 1. The molecule has 3 rings (SSSR count). The summed E-state index contributed by atoms with van der Waals surface area (Å²) < 4.78 is 5.09. The first-order valence-electron chi connectivity index (χ1n) is 9.00. The Labute approximate surface area is 163 Å².